The van der Waals surface area contributed by atoms with Crippen LogP contribution in [0, 0.1) is 13.8 Å². The predicted molar refractivity (Wildman–Crippen MR) is 60.6 cm³/mol. The van der Waals surface area contributed by atoms with Crippen LogP contribution in [-0.2, 0) is 0 Å². The minimum Gasteiger partial charge on any atom is -0.388 e. The SMILES string of the molecule is Cc1nc2c(C)cccn2c1C(N)=S. The summed E-state index contributed by atoms with van der Waals surface area (Å²) < 4.78 is 1.94. The number of pyridine rings is 1. The molecule has 0 bridgehead atoms. The summed E-state index contributed by atoms with van der Waals surface area (Å²) in [7, 11) is 0. The van der Waals surface area contributed by atoms with Crippen LogP contribution in [-0.4, -0.2) is 14.4 Å². The second kappa shape index (κ2) is 3.06. The zero-order valence-electron chi connectivity index (χ0n) is 8.11. The fourth-order valence-corrected chi connectivity index (χ4v) is 1.86. The number of hydrogen-bond acceptors (Lipinski definition) is 2. The Morgan fingerprint density at radius 2 is 2.21 bits per heavy atom. The molecule has 0 radical (unpaired) electrons. The monoisotopic (exact) mass is 205 g/mol. The van der Waals surface area contributed by atoms with Crippen LogP contribution >= 0.6 is 12.2 Å². The summed E-state index contributed by atoms with van der Waals surface area (Å²) in [5, 5.41) is 0. The number of nitrogens with zero attached hydrogens (tertiary/aromatic N) is 2. The fraction of sp³-hybridized carbons (Fsp3) is 0.200. The van der Waals surface area contributed by atoms with Crippen molar-refractivity contribution in [2.75, 3.05) is 0 Å². The highest BCUT2D eigenvalue weighted by Gasteiger charge is 2.11. The molecule has 0 saturated carbocycles. The van der Waals surface area contributed by atoms with E-state index in [1.54, 1.807) is 0 Å². The molecule has 0 amide bonds. The van der Waals surface area contributed by atoms with E-state index in [0.29, 0.717) is 4.99 Å². The normalized spacial score (nSPS) is 10.7. The van der Waals surface area contributed by atoms with Crippen molar-refractivity contribution in [1.82, 2.24) is 9.38 Å². The summed E-state index contributed by atoms with van der Waals surface area (Å²) in [6.07, 6.45) is 1.93. The molecule has 2 aromatic rings. The molecule has 72 valence electrons. The van der Waals surface area contributed by atoms with Gasteiger partial charge in [-0.1, -0.05) is 18.3 Å². The van der Waals surface area contributed by atoms with Crippen molar-refractivity contribution >= 4 is 22.9 Å². The summed E-state index contributed by atoms with van der Waals surface area (Å²) in [5.41, 5.74) is 9.41. The van der Waals surface area contributed by atoms with Gasteiger partial charge in [-0.25, -0.2) is 4.98 Å². The Morgan fingerprint density at radius 1 is 1.50 bits per heavy atom. The van der Waals surface area contributed by atoms with Crippen LogP contribution in [0.15, 0.2) is 18.3 Å². The lowest BCUT2D eigenvalue weighted by Crippen LogP contribution is -2.13. The number of fused-ring (bicyclic) bond motifs is 1. The van der Waals surface area contributed by atoms with Gasteiger partial charge in [0.2, 0.25) is 0 Å². The predicted octanol–water partition coefficient (Wildman–Crippen LogP) is 1.59. The molecule has 0 spiro atoms. The average molecular weight is 205 g/mol. The first-order valence-electron chi connectivity index (χ1n) is 4.35. The Labute approximate surface area is 87.6 Å². The Bertz CT molecular complexity index is 513. The van der Waals surface area contributed by atoms with Crippen LogP contribution in [0.3, 0.4) is 0 Å². The van der Waals surface area contributed by atoms with E-state index in [1.165, 1.54) is 0 Å². The summed E-state index contributed by atoms with van der Waals surface area (Å²) >= 11 is 4.99. The van der Waals surface area contributed by atoms with Crippen molar-refractivity contribution in [3.05, 3.63) is 35.3 Å². The number of rotatable bonds is 1. The molecule has 0 aliphatic carbocycles. The second-order valence-corrected chi connectivity index (χ2v) is 3.73. The smallest absolute Gasteiger partial charge is 0.140 e. The van der Waals surface area contributed by atoms with Crippen molar-refractivity contribution in [1.29, 1.82) is 0 Å². The molecule has 0 aliphatic heterocycles. The molecule has 3 nitrogen and oxygen atoms in total. The Hall–Kier alpha value is -1.42. The van der Waals surface area contributed by atoms with Gasteiger partial charge < -0.3 is 5.73 Å². The Balaban J connectivity index is 2.90. The number of aromatic nitrogens is 2. The summed E-state index contributed by atoms with van der Waals surface area (Å²) in [6, 6.07) is 3.98. The Kier molecular flexibility index (Phi) is 2.00. The maximum atomic E-state index is 5.65. The number of nitrogens with two attached hydrogens (primary N) is 1. The van der Waals surface area contributed by atoms with E-state index in [-0.39, 0.29) is 0 Å². The lowest BCUT2D eigenvalue weighted by molar-refractivity contribution is 1.14. The molecule has 0 aliphatic rings. The first kappa shape index (κ1) is 9.15. The molecule has 2 heterocycles. The first-order chi connectivity index (χ1) is 6.61. The molecule has 14 heavy (non-hydrogen) atoms. The molecule has 2 rings (SSSR count). The van der Waals surface area contributed by atoms with Gasteiger partial charge in [-0.15, -0.1) is 0 Å². The number of aryl methyl sites for hydroxylation is 2. The van der Waals surface area contributed by atoms with Gasteiger partial charge in [0.1, 0.15) is 16.3 Å². The van der Waals surface area contributed by atoms with Gasteiger partial charge in [-0.2, -0.15) is 0 Å². The largest absolute Gasteiger partial charge is 0.388 e. The van der Waals surface area contributed by atoms with E-state index in [9.17, 15) is 0 Å². The van der Waals surface area contributed by atoms with Gasteiger partial charge in [0, 0.05) is 6.20 Å². The molecule has 0 aromatic carbocycles. The van der Waals surface area contributed by atoms with Crippen molar-refractivity contribution in [3.63, 3.8) is 0 Å². The molecular formula is C10H11N3S. The Morgan fingerprint density at radius 3 is 2.86 bits per heavy atom. The van der Waals surface area contributed by atoms with Gasteiger partial charge >= 0.3 is 0 Å². The third kappa shape index (κ3) is 1.19. The molecule has 0 unspecified atom stereocenters. The van der Waals surface area contributed by atoms with Crippen LogP contribution in [0.25, 0.3) is 5.65 Å². The average Bonchev–Trinajstić information content (AvgIpc) is 2.42. The maximum Gasteiger partial charge on any atom is 0.140 e. The molecule has 0 fully saturated rings. The number of imidazole rings is 1. The number of thiocarbonyl (C=S) groups is 1. The molecule has 2 N–H and O–H groups in total. The zero-order valence-corrected chi connectivity index (χ0v) is 8.93. The van der Waals surface area contributed by atoms with Gasteiger partial charge in [-0.05, 0) is 25.5 Å². The van der Waals surface area contributed by atoms with Gasteiger partial charge in [0.15, 0.2) is 0 Å². The van der Waals surface area contributed by atoms with Crippen molar-refractivity contribution in [3.8, 4) is 0 Å². The van der Waals surface area contributed by atoms with Gasteiger partial charge in [0.25, 0.3) is 0 Å². The van der Waals surface area contributed by atoms with E-state index in [0.717, 1.165) is 22.6 Å². The van der Waals surface area contributed by atoms with Crippen LogP contribution in [0.2, 0.25) is 0 Å². The minimum absolute atomic E-state index is 0.389. The molecule has 2 aromatic heterocycles. The van der Waals surface area contributed by atoms with Gasteiger partial charge in [0.05, 0.1) is 5.69 Å². The van der Waals surface area contributed by atoms with E-state index in [4.69, 9.17) is 18.0 Å². The van der Waals surface area contributed by atoms with Crippen LogP contribution in [0.4, 0.5) is 0 Å². The van der Waals surface area contributed by atoms with E-state index >= 15 is 0 Å². The lowest BCUT2D eigenvalue weighted by Gasteiger charge is -2.00. The van der Waals surface area contributed by atoms with Crippen LogP contribution in [0.5, 0.6) is 0 Å². The van der Waals surface area contributed by atoms with E-state index in [1.807, 2.05) is 36.6 Å². The van der Waals surface area contributed by atoms with Gasteiger partial charge in [-0.3, -0.25) is 4.40 Å². The molecule has 0 atom stereocenters. The second-order valence-electron chi connectivity index (χ2n) is 3.29. The maximum absolute atomic E-state index is 5.65. The number of hydrogen-bond donors (Lipinski definition) is 1. The molecular weight excluding hydrogens is 194 g/mol. The van der Waals surface area contributed by atoms with Crippen molar-refractivity contribution in [2.45, 2.75) is 13.8 Å². The van der Waals surface area contributed by atoms with Crippen LogP contribution < -0.4 is 5.73 Å². The highest BCUT2D eigenvalue weighted by molar-refractivity contribution is 7.80. The van der Waals surface area contributed by atoms with Crippen molar-refractivity contribution in [2.24, 2.45) is 5.73 Å². The molecule has 4 heteroatoms. The third-order valence-corrected chi connectivity index (χ3v) is 2.45. The first-order valence-corrected chi connectivity index (χ1v) is 4.76. The van der Waals surface area contributed by atoms with Crippen LogP contribution in [0.1, 0.15) is 17.0 Å². The standard InChI is InChI=1S/C10H11N3S/c1-6-4-3-5-13-8(9(11)14)7(2)12-10(6)13/h3-5H,1-2H3,(H2,11,14). The highest BCUT2D eigenvalue weighted by atomic mass is 32.1. The lowest BCUT2D eigenvalue weighted by atomic mass is 10.3. The topological polar surface area (TPSA) is 43.3 Å². The zero-order chi connectivity index (χ0) is 10.3. The van der Waals surface area contributed by atoms with E-state index in [2.05, 4.69) is 4.98 Å². The summed E-state index contributed by atoms with van der Waals surface area (Å²) in [4.78, 5) is 4.82. The minimum atomic E-state index is 0.389. The highest BCUT2D eigenvalue weighted by Crippen LogP contribution is 2.14. The van der Waals surface area contributed by atoms with Crippen molar-refractivity contribution < 1.29 is 0 Å². The summed E-state index contributed by atoms with van der Waals surface area (Å²) in [5.74, 6) is 0. The quantitative estimate of drug-likeness (QED) is 0.719. The summed E-state index contributed by atoms with van der Waals surface area (Å²) in [6.45, 7) is 3.94. The third-order valence-electron chi connectivity index (χ3n) is 2.25. The fourth-order valence-electron chi connectivity index (χ4n) is 1.61. The van der Waals surface area contributed by atoms with E-state index < -0.39 is 0 Å². The molecule has 0 saturated heterocycles.